The fourth-order valence-corrected chi connectivity index (χ4v) is 6.44. The number of hydrogen-bond acceptors (Lipinski definition) is 3. The number of ketones is 1. The van der Waals surface area contributed by atoms with Gasteiger partial charge in [0.25, 0.3) is 0 Å². The summed E-state index contributed by atoms with van der Waals surface area (Å²) in [6.45, 7) is 0.300. The van der Waals surface area contributed by atoms with Gasteiger partial charge in [0, 0.05) is 29.5 Å². The van der Waals surface area contributed by atoms with E-state index in [1.54, 1.807) is 12.1 Å². The van der Waals surface area contributed by atoms with Gasteiger partial charge in [-0.1, -0.05) is 60.7 Å². The van der Waals surface area contributed by atoms with Crippen molar-refractivity contribution in [2.45, 2.75) is 50.1 Å². The molecule has 6 rings (SSSR count). The van der Waals surface area contributed by atoms with Crippen LogP contribution < -0.4 is 0 Å². The summed E-state index contributed by atoms with van der Waals surface area (Å²) >= 11 is 0. The Morgan fingerprint density at radius 3 is 2.11 bits per heavy atom. The number of carbonyl (C=O) groups excluding carboxylic acids is 2. The molecule has 0 spiro atoms. The second kappa shape index (κ2) is 8.95. The molecule has 0 N–H and O–H groups in total. The Hall–Kier alpha value is -3.47. The summed E-state index contributed by atoms with van der Waals surface area (Å²) in [5.74, 6) is -0.580. The maximum atomic E-state index is 13.7. The van der Waals surface area contributed by atoms with Crippen molar-refractivity contribution in [3.8, 4) is 11.1 Å². The molecular weight excluding hydrogens is 441 g/mol. The van der Waals surface area contributed by atoms with E-state index in [1.165, 1.54) is 34.4 Å². The van der Waals surface area contributed by atoms with E-state index >= 15 is 0 Å². The summed E-state index contributed by atoms with van der Waals surface area (Å²) in [4.78, 5) is 28.3. The number of rotatable bonds is 4. The minimum Gasteiger partial charge on any atom is -0.448 e. The fraction of sp³-hybridized carbons (Fsp3) is 0.333. The Morgan fingerprint density at radius 1 is 0.857 bits per heavy atom. The van der Waals surface area contributed by atoms with Crippen LogP contribution in [0.5, 0.6) is 0 Å². The Bertz CT molecular complexity index is 1230. The lowest BCUT2D eigenvalue weighted by molar-refractivity contribution is 0.00650. The maximum absolute atomic E-state index is 13.7. The topological polar surface area (TPSA) is 46.6 Å². The number of halogens is 1. The molecular formula is C30H28FNO3. The number of piperidine rings is 2. The van der Waals surface area contributed by atoms with Gasteiger partial charge in [0.1, 0.15) is 12.4 Å². The molecule has 35 heavy (non-hydrogen) atoms. The summed E-state index contributed by atoms with van der Waals surface area (Å²) in [5, 5.41) is 0. The summed E-state index contributed by atoms with van der Waals surface area (Å²) in [5.41, 5.74) is 5.22. The average molecular weight is 470 g/mol. The molecule has 3 aliphatic rings. The molecule has 0 aromatic heterocycles. The predicted molar refractivity (Wildman–Crippen MR) is 132 cm³/mol. The highest BCUT2D eigenvalue weighted by Gasteiger charge is 2.44. The standard InChI is InChI=1S/C30H28FNO3/c31-21-8-5-7-19(15-21)29(33)20-16-22-9-6-10-23(17-20)32(22)30(34)35-18-28-26-13-3-1-11-24(26)25-12-2-4-14-27(25)28/h1-5,7-8,11-15,20,22-23,28H,6,9-10,16-18H2. The lowest BCUT2D eigenvalue weighted by atomic mass is 9.76. The van der Waals surface area contributed by atoms with Crippen LogP contribution >= 0.6 is 0 Å². The van der Waals surface area contributed by atoms with E-state index in [0.717, 1.165) is 19.3 Å². The summed E-state index contributed by atoms with van der Waals surface area (Å²) in [6, 6.07) is 22.5. The average Bonchev–Trinajstić information content (AvgIpc) is 3.20. The third-order valence-electron chi connectivity index (χ3n) is 8.00. The number of hydrogen-bond donors (Lipinski definition) is 0. The van der Waals surface area contributed by atoms with E-state index in [0.29, 0.717) is 25.0 Å². The van der Waals surface area contributed by atoms with Gasteiger partial charge in [0.15, 0.2) is 5.78 Å². The minimum absolute atomic E-state index is 0.0133. The summed E-state index contributed by atoms with van der Waals surface area (Å²) < 4.78 is 19.6. The number of benzene rings is 3. The van der Waals surface area contributed by atoms with Gasteiger partial charge in [-0.3, -0.25) is 4.79 Å². The van der Waals surface area contributed by atoms with Gasteiger partial charge >= 0.3 is 6.09 Å². The molecule has 3 aromatic rings. The Balaban J connectivity index is 1.17. The van der Waals surface area contributed by atoms with Crippen molar-refractivity contribution in [1.29, 1.82) is 0 Å². The van der Waals surface area contributed by atoms with Crippen molar-refractivity contribution in [3.05, 3.63) is 95.3 Å². The molecule has 2 heterocycles. The number of Topliss-reactive ketones (excluding diaryl/α,β-unsaturated/α-hetero) is 1. The van der Waals surface area contributed by atoms with E-state index in [-0.39, 0.29) is 35.8 Å². The Morgan fingerprint density at radius 2 is 1.49 bits per heavy atom. The van der Waals surface area contributed by atoms with Gasteiger partial charge in [-0.2, -0.15) is 0 Å². The van der Waals surface area contributed by atoms with E-state index in [2.05, 4.69) is 24.3 Å². The van der Waals surface area contributed by atoms with Crippen molar-refractivity contribution in [2.24, 2.45) is 5.92 Å². The van der Waals surface area contributed by atoms with Crippen LogP contribution in [-0.2, 0) is 4.74 Å². The van der Waals surface area contributed by atoms with Crippen molar-refractivity contribution in [1.82, 2.24) is 4.90 Å². The lowest BCUT2D eigenvalue weighted by Gasteiger charge is -2.47. The molecule has 3 aromatic carbocycles. The predicted octanol–water partition coefficient (Wildman–Crippen LogP) is 6.59. The highest BCUT2D eigenvalue weighted by Crippen LogP contribution is 2.45. The quantitative estimate of drug-likeness (QED) is 0.405. The normalized spacial score (nSPS) is 22.9. The van der Waals surface area contributed by atoms with Crippen LogP contribution in [0.1, 0.15) is 59.5 Å². The molecule has 2 atom stereocenters. The van der Waals surface area contributed by atoms with E-state index < -0.39 is 5.82 Å². The van der Waals surface area contributed by atoms with Crippen LogP contribution in [0, 0.1) is 11.7 Å². The number of carbonyl (C=O) groups is 2. The minimum atomic E-state index is -0.396. The molecule has 2 unspecified atom stereocenters. The van der Waals surface area contributed by atoms with Crippen molar-refractivity contribution in [3.63, 3.8) is 0 Å². The summed E-state index contributed by atoms with van der Waals surface area (Å²) in [7, 11) is 0. The monoisotopic (exact) mass is 469 g/mol. The molecule has 4 nitrogen and oxygen atoms in total. The molecule has 2 fully saturated rings. The Labute approximate surface area is 204 Å². The van der Waals surface area contributed by atoms with E-state index in [4.69, 9.17) is 4.74 Å². The van der Waals surface area contributed by atoms with Gasteiger partial charge in [-0.25, -0.2) is 9.18 Å². The molecule has 0 saturated carbocycles. The second-order valence-electron chi connectivity index (χ2n) is 9.99. The third-order valence-corrected chi connectivity index (χ3v) is 8.00. The molecule has 2 aliphatic heterocycles. The lowest BCUT2D eigenvalue weighted by Crippen LogP contribution is -2.55. The maximum Gasteiger partial charge on any atom is 0.410 e. The second-order valence-corrected chi connectivity index (χ2v) is 9.99. The number of amides is 1. The van der Waals surface area contributed by atoms with Crippen molar-refractivity contribution in [2.75, 3.05) is 6.61 Å². The van der Waals surface area contributed by atoms with E-state index in [1.807, 2.05) is 29.2 Å². The molecule has 1 aliphatic carbocycles. The van der Waals surface area contributed by atoms with Crippen molar-refractivity contribution < 1.29 is 18.7 Å². The van der Waals surface area contributed by atoms with Crippen LogP contribution in [0.3, 0.4) is 0 Å². The van der Waals surface area contributed by atoms with Crippen LogP contribution in [0.2, 0.25) is 0 Å². The van der Waals surface area contributed by atoms with Crippen molar-refractivity contribution >= 4 is 11.9 Å². The first-order valence-electron chi connectivity index (χ1n) is 12.5. The number of ether oxygens (including phenoxy) is 1. The van der Waals surface area contributed by atoms with Gasteiger partial charge in [-0.15, -0.1) is 0 Å². The van der Waals surface area contributed by atoms with Gasteiger partial charge < -0.3 is 9.64 Å². The first-order valence-corrected chi connectivity index (χ1v) is 12.5. The summed E-state index contributed by atoms with van der Waals surface area (Å²) in [6.07, 6.45) is 3.72. The SMILES string of the molecule is O=C(c1cccc(F)c1)C1CC2CCCC(C1)N2C(=O)OCC1c2ccccc2-c2ccccc21. The smallest absolute Gasteiger partial charge is 0.410 e. The molecule has 1 amide bonds. The van der Waals surface area contributed by atoms with Gasteiger partial charge in [0.2, 0.25) is 0 Å². The van der Waals surface area contributed by atoms with E-state index in [9.17, 15) is 14.0 Å². The van der Waals surface area contributed by atoms with Gasteiger partial charge in [-0.05, 0) is 66.5 Å². The van der Waals surface area contributed by atoms with Crippen LogP contribution in [-0.4, -0.2) is 35.5 Å². The zero-order valence-corrected chi connectivity index (χ0v) is 19.5. The molecule has 2 bridgehead atoms. The fourth-order valence-electron chi connectivity index (χ4n) is 6.44. The first-order chi connectivity index (χ1) is 17.1. The van der Waals surface area contributed by atoms with Crippen LogP contribution in [0.4, 0.5) is 9.18 Å². The third kappa shape index (κ3) is 3.93. The molecule has 178 valence electrons. The first kappa shape index (κ1) is 22.0. The zero-order valence-electron chi connectivity index (χ0n) is 19.5. The Kier molecular flexibility index (Phi) is 5.63. The van der Waals surface area contributed by atoms with Crippen LogP contribution in [0.25, 0.3) is 11.1 Å². The van der Waals surface area contributed by atoms with Gasteiger partial charge in [0.05, 0.1) is 0 Å². The molecule has 2 saturated heterocycles. The highest BCUT2D eigenvalue weighted by atomic mass is 19.1. The molecule has 0 radical (unpaired) electrons. The highest BCUT2D eigenvalue weighted by molar-refractivity contribution is 5.98. The number of fused-ring (bicyclic) bond motifs is 5. The largest absolute Gasteiger partial charge is 0.448 e. The number of nitrogens with zero attached hydrogens (tertiary/aromatic N) is 1. The zero-order chi connectivity index (χ0) is 23.9. The molecule has 5 heteroatoms. The van der Waals surface area contributed by atoms with Crippen LogP contribution in [0.15, 0.2) is 72.8 Å².